The highest BCUT2D eigenvalue weighted by atomic mass is 35.5. The van der Waals surface area contributed by atoms with Crippen molar-refractivity contribution in [3.05, 3.63) is 0 Å². The molecule has 0 spiro atoms. The molecule has 0 aromatic heterocycles. The summed E-state index contributed by atoms with van der Waals surface area (Å²) >= 11 is 15.1. The van der Waals surface area contributed by atoms with Crippen LogP contribution in [-0.4, -0.2) is 16.9 Å². The van der Waals surface area contributed by atoms with E-state index in [1.165, 1.54) is 0 Å². The molecule has 0 N–H and O–H groups in total. The molecule has 7 heavy (non-hydrogen) atoms. The summed E-state index contributed by atoms with van der Waals surface area (Å²) in [6.07, 6.45) is 0. The fourth-order valence-corrected chi connectivity index (χ4v) is 0.404. The summed E-state index contributed by atoms with van der Waals surface area (Å²) in [4.78, 5) is 0. The third-order valence-electron chi connectivity index (χ3n) is 0.421. The second-order valence-electron chi connectivity index (χ2n) is 1.00. The van der Waals surface area contributed by atoms with Gasteiger partial charge in [-0.3, -0.25) is 0 Å². The van der Waals surface area contributed by atoms with Gasteiger partial charge >= 0.3 is 0 Å². The molecule has 0 radical (unpaired) electrons. The van der Waals surface area contributed by atoms with Crippen LogP contribution >= 0.6 is 34.8 Å². The van der Waals surface area contributed by atoms with E-state index < -0.39 is 11.0 Å². The lowest BCUT2D eigenvalue weighted by molar-refractivity contribution is 0.440. The number of hydrogen-bond acceptors (Lipinski definition) is 0. The third-order valence-corrected chi connectivity index (χ3v) is 1.72. The van der Waals surface area contributed by atoms with Gasteiger partial charge in [0.25, 0.3) is 0 Å². The predicted molar refractivity (Wildman–Crippen MR) is 31.1 cm³/mol. The number of rotatable bonds is 2. The minimum absolute atomic E-state index is 0.0478. The lowest BCUT2D eigenvalue weighted by Crippen LogP contribution is -2.10. The highest BCUT2D eigenvalue weighted by Gasteiger charge is 2.12. The monoisotopic (exact) mass is 164 g/mol. The minimum Gasteiger partial charge on any atom is -0.228 e. The molecular weight excluding hydrogens is 161 g/mol. The van der Waals surface area contributed by atoms with E-state index in [-0.39, 0.29) is 5.88 Å². The fraction of sp³-hybridized carbons (Fsp3) is 1.00. The zero-order valence-electron chi connectivity index (χ0n) is 3.37. The van der Waals surface area contributed by atoms with Gasteiger partial charge in [-0.15, -0.1) is 23.2 Å². The van der Waals surface area contributed by atoms with Gasteiger partial charge in [0.1, 0.15) is 0 Å². The van der Waals surface area contributed by atoms with Gasteiger partial charge in [-0.25, -0.2) is 4.39 Å². The van der Waals surface area contributed by atoms with Gasteiger partial charge in [0.2, 0.25) is 0 Å². The highest BCUT2D eigenvalue weighted by molar-refractivity contribution is 6.33. The maximum absolute atomic E-state index is 11.6. The van der Waals surface area contributed by atoms with Crippen LogP contribution in [0.3, 0.4) is 0 Å². The molecule has 2 unspecified atom stereocenters. The summed E-state index contributed by atoms with van der Waals surface area (Å²) in [6, 6.07) is 0. The minimum atomic E-state index is -1.53. The summed E-state index contributed by atoms with van der Waals surface area (Å²) in [5.41, 5.74) is -1.53. The van der Waals surface area contributed by atoms with E-state index in [1.54, 1.807) is 0 Å². The van der Waals surface area contributed by atoms with Gasteiger partial charge < -0.3 is 0 Å². The van der Waals surface area contributed by atoms with E-state index in [2.05, 4.69) is 0 Å². The van der Waals surface area contributed by atoms with Gasteiger partial charge in [-0.2, -0.15) is 0 Å². The van der Waals surface area contributed by atoms with E-state index in [0.29, 0.717) is 0 Å². The van der Waals surface area contributed by atoms with Gasteiger partial charge in [-0.05, 0) is 0 Å². The summed E-state index contributed by atoms with van der Waals surface area (Å²) in [5, 5.41) is -0.761. The SMILES string of the molecule is FC(Cl)C(Cl)CCl. The standard InChI is InChI=1S/C3H4Cl3F/c4-1-2(5)3(6)7/h2-3H,1H2. The van der Waals surface area contributed by atoms with Crippen LogP contribution in [0.4, 0.5) is 4.39 Å². The Hall–Kier alpha value is 0.800. The Balaban J connectivity index is 3.14. The molecule has 0 saturated heterocycles. The topological polar surface area (TPSA) is 0 Å². The Morgan fingerprint density at radius 1 is 1.43 bits per heavy atom. The Morgan fingerprint density at radius 3 is 1.86 bits per heavy atom. The largest absolute Gasteiger partial charge is 0.228 e. The van der Waals surface area contributed by atoms with E-state index in [0.717, 1.165) is 0 Å². The molecule has 0 aliphatic heterocycles. The Labute approximate surface area is 56.5 Å². The highest BCUT2D eigenvalue weighted by Crippen LogP contribution is 2.11. The van der Waals surface area contributed by atoms with E-state index >= 15 is 0 Å². The molecule has 0 bridgehead atoms. The van der Waals surface area contributed by atoms with Crippen LogP contribution in [-0.2, 0) is 0 Å². The van der Waals surface area contributed by atoms with E-state index in [4.69, 9.17) is 34.8 Å². The van der Waals surface area contributed by atoms with Crippen LogP contribution in [0.2, 0.25) is 0 Å². The van der Waals surface area contributed by atoms with Gasteiger partial charge in [0.05, 0.1) is 5.38 Å². The van der Waals surface area contributed by atoms with Gasteiger partial charge in [-0.1, -0.05) is 11.6 Å². The van der Waals surface area contributed by atoms with Crippen molar-refractivity contribution in [3.8, 4) is 0 Å². The molecule has 2 atom stereocenters. The smallest absolute Gasteiger partial charge is 0.190 e. The Morgan fingerprint density at radius 2 is 1.86 bits per heavy atom. The molecule has 0 rings (SSSR count). The van der Waals surface area contributed by atoms with Crippen molar-refractivity contribution in [3.63, 3.8) is 0 Å². The maximum Gasteiger partial charge on any atom is 0.190 e. The maximum atomic E-state index is 11.6. The van der Waals surface area contributed by atoms with Crippen LogP contribution < -0.4 is 0 Å². The molecule has 0 heterocycles. The first kappa shape index (κ1) is 7.80. The molecular formula is C3H4Cl3F. The lowest BCUT2D eigenvalue weighted by Gasteiger charge is -2.00. The second-order valence-corrected chi connectivity index (χ2v) is 2.29. The molecule has 0 amide bonds. The molecule has 0 aromatic rings. The summed E-state index contributed by atoms with van der Waals surface area (Å²) in [7, 11) is 0. The van der Waals surface area contributed by atoms with Crippen LogP contribution in [0.1, 0.15) is 0 Å². The summed E-state index contributed by atoms with van der Waals surface area (Å²) in [5.74, 6) is 0.0478. The Bertz CT molecular complexity index is 47.4. The zero-order chi connectivity index (χ0) is 5.86. The molecule has 0 saturated carbocycles. The fourth-order valence-electron chi connectivity index (χ4n) is 0.0673. The first-order valence-electron chi connectivity index (χ1n) is 1.66. The number of halogens is 4. The van der Waals surface area contributed by atoms with Crippen molar-refractivity contribution in [2.75, 3.05) is 5.88 Å². The third kappa shape index (κ3) is 3.39. The van der Waals surface area contributed by atoms with Crippen molar-refractivity contribution in [1.82, 2.24) is 0 Å². The Kier molecular flexibility index (Phi) is 4.19. The first-order valence-corrected chi connectivity index (χ1v) is 3.07. The lowest BCUT2D eigenvalue weighted by atomic mass is 10.5. The number of hydrogen-bond donors (Lipinski definition) is 0. The molecule has 0 aliphatic carbocycles. The predicted octanol–water partition coefficient (Wildman–Crippen LogP) is 2.37. The van der Waals surface area contributed by atoms with Crippen LogP contribution in [0.25, 0.3) is 0 Å². The van der Waals surface area contributed by atoms with Crippen molar-refractivity contribution >= 4 is 34.8 Å². The van der Waals surface area contributed by atoms with Crippen molar-refractivity contribution in [2.24, 2.45) is 0 Å². The van der Waals surface area contributed by atoms with Crippen LogP contribution in [0.15, 0.2) is 0 Å². The molecule has 4 heteroatoms. The molecule has 0 aromatic carbocycles. The van der Waals surface area contributed by atoms with Crippen LogP contribution in [0, 0.1) is 0 Å². The average molecular weight is 165 g/mol. The van der Waals surface area contributed by atoms with E-state index in [1.807, 2.05) is 0 Å². The van der Waals surface area contributed by atoms with Crippen molar-refractivity contribution < 1.29 is 4.39 Å². The summed E-state index contributed by atoms with van der Waals surface area (Å²) in [6.45, 7) is 0. The summed E-state index contributed by atoms with van der Waals surface area (Å²) < 4.78 is 11.6. The molecule has 44 valence electrons. The van der Waals surface area contributed by atoms with Crippen LogP contribution in [0.5, 0.6) is 0 Å². The van der Waals surface area contributed by atoms with Crippen molar-refractivity contribution in [2.45, 2.75) is 11.0 Å². The molecule has 0 aliphatic rings. The van der Waals surface area contributed by atoms with Gasteiger partial charge in [0, 0.05) is 5.88 Å². The van der Waals surface area contributed by atoms with Gasteiger partial charge in [0.15, 0.2) is 5.63 Å². The van der Waals surface area contributed by atoms with E-state index in [9.17, 15) is 4.39 Å². The molecule has 0 fully saturated rings. The molecule has 0 nitrogen and oxygen atoms in total. The number of alkyl halides is 4. The quantitative estimate of drug-likeness (QED) is 0.551. The van der Waals surface area contributed by atoms with Crippen molar-refractivity contribution in [1.29, 1.82) is 0 Å². The zero-order valence-corrected chi connectivity index (χ0v) is 5.64. The average Bonchev–Trinajstić information content (AvgIpc) is 1.65. The first-order chi connectivity index (χ1) is 3.18. The normalized spacial score (nSPS) is 18.9. The second kappa shape index (κ2) is 3.76.